The maximum atomic E-state index is 4.35. The molecule has 26 heavy (non-hydrogen) atoms. The van der Waals surface area contributed by atoms with Gasteiger partial charge in [-0.3, -0.25) is 9.89 Å². The monoisotopic (exact) mass is 357 g/mol. The zero-order valence-corrected chi connectivity index (χ0v) is 16.3. The Hall–Kier alpha value is -1.75. The Morgan fingerprint density at radius 3 is 2.46 bits per heavy atom. The van der Waals surface area contributed by atoms with E-state index in [4.69, 9.17) is 0 Å². The van der Waals surface area contributed by atoms with Crippen molar-refractivity contribution in [3.63, 3.8) is 0 Å². The topological polar surface area (TPSA) is 42.9 Å². The van der Waals surface area contributed by atoms with E-state index in [1.807, 2.05) is 7.05 Å². The highest BCUT2D eigenvalue weighted by atomic mass is 15.3. The van der Waals surface area contributed by atoms with Crippen LogP contribution in [0.15, 0.2) is 35.3 Å². The first-order chi connectivity index (χ1) is 12.8. The summed E-state index contributed by atoms with van der Waals surface area (Å²) in [5.74, 6) is 0.980. The molecule has 5 nitrogen and oxygen atoms in total. The molecule has 2 fully saturated rings. The number of piperazine rings is 1. The van der Waals surface area contributed by atoms with E-state index in [2.05, 4.69) is 55.8 Å². The van der Waals surface area contributed by atoms with Gasteiger partial charge in [0, 0.05) is 51.5 Å². The first kappa shape index (κ1) is 19.0. The number of hydrogen-bond acceptors (Lipinski definition) is 3. The summed E-state index contributed by atoms with van der Waals surface area (Å²) < 4.78 is 0. The molecule has 2 N–H and O–H groups in total. The lowest BCUT2D eigenvalue weighted by atomic mass is 10.2. The smallest absolute Gasteiger partial charge is 0.191 e. The summed E-state index contributed by atoms with van der Waals surface area (Å²) in [5, 5.41) is 7.02. The molecule has 1 aromatic rings. The molecule has 1 aliphatic heterocycles. The Morgan fingerprint density at radius 2 is 1.77 bits per heavy atom. The molecule has 0 atom stereocenters. The number of anilines is 1. The fourth-order valence-corrected chi connectivity index (χ4v) is 3.99. The van der Waals surface area contributed by atoms with Crippen LogP contribution in [-0.2, 0) is 0 Å². The van der Waals surface area contributed by atoms with Crippen LogP contribution in [0.1, 0.15) is 38.5 Å². The minimum Gasteiger partial charge on any atom is -0.369 e. The van der Waals surface area contributed by atoms with Gasteiger partial charge in [-0.2, -0.15) is 0 Å². The lowest BCUT2D eigenvalue weighted by Crippen LogP contribution is -2.46. The quantitative estimate of drug-likeness (QED) is 0.447. The number of aliphatic imine (C=N–C) groups is 1. The van der Waals surface area contributed by atoms with Crippen LogP contribution in [0.2, 0.25) is 0 Å². The predicted octanol–water partition coefficient (Wildman–Crippen LogP) is 2.70. The minimum atomic E-state index is 0.627. The molecule has 2 aliphatic rings. The molecule has 0 aromatic heterocycles. The number of hydrogen-bond donors (Lipinski definition) is 2. The third-order valence-corrected chi connectivity index (χ3v) is 5.61. The number of para-hydroxylation sites is 1. The van der Waals surface area contributed by atoms with E-state index >= 15 is 0 Å². The van der Waals surface area contributed by atoms with Gasteiger partial charge in [0.05, 0.1) is 0 Å². The van der Waals surface area contributed by atoms with Crippen molar-refractivity contribution in [2.75, 3.05) is 51.2 Å². The van der Waals surface area contributed by atoms with Crippen LogP contribution in [0.5, 0.6) is 0 Å². The molecule has 1 aliphatic carbocycles. The van der Waals surface area contributed by atoms with Crippen LogP contribution in [0.25, 0.3) is 0 Å². The summed E-state index contributed by atoms with van der Waals surface area (Å²) in [5.41, 5.74) is 1.36. The van der Waals surface area contributed by atoms with E-state index in [1.54, 1.807) is 0 Å². The first-order valence-electron chi connectivity index (χ1n) is 10.3. The second-order valence-electron chi connectivity index (χ2n) is 7.50. The summed E-state index contributed by atoms with van der Waals surface area (Å²) in [6.45, 7) is 6.84. The molecule has 1 saturated carbocycles. The van der Waals surface area contributed by atoms with Gasteiger partial charge in [0.1, 0.15) is 0 Å². The second-order valence-corrected chi connectivity index (χ2v) is 7.50. The van der Waals surface area contributed by atoms with Gasteiger partial charge in [-0.15, -0.1) is 0 Å². The number of nitrogens with zero attached hydrogens (tertiary/aromatic N) is 3. The fourth-order valence-electron chi connectivity index (χ4n) is 3.99. The number of unbranched alkanes of at least 4 members (excludes halogenated alkanes) is 1. The molecule has 0 amide bonds. The van der Waals surface area contributed by atoms with Crippen molar-refractivity contribution in [1.29, 1.82) is 0 Å². The van der Waals surface area contributed by atoms with Gasteiger partial charge in [-0.25, -0.2) is 0 Å². The Kier molecular flexibility index (Phi) is 7.62. The first-order valence-corrected chi connectivity index (χ1v) is 10.3. The zero-order valence-electron chi connectivity index (χ0n) is 16.3. The second kappa shape index (κ2) is 10.4. The van der Waals surface area contributed by atoms with Crippen LogP contribution in [0.3, 0.4) is 0 Å². The molecular formula is C21H35N5. The maximum absolute atomic E-state index is 4.35. The maximum Gasteiger partial charge on any atom is 0.191 e. The van der Waals surface area contributed by atoms with Crippen molar-refractivity contribution in [3.05, 3.63) is 30.3 Å². The zero-order chi connectivity index (χ0) is 18.0. The normalized spacial score (nSPS) is 19.7. The van der Waals surface area contributed by atoms with Gasteiger partial charge in [0.15, 0.2) is 5.96 Å². The SMILES string of the molecule is CN=C(NCCCCN1CCN(c2ccccc2)CC1)NC1CCCC1. The highest BCUT2D eigenvalue weighted by Crippen LogP contribution is 2.17. The number of rotatable bonds is 7. The molecule has 1 heterocycles. The van der Waals surface area contributed by atoms with Crippen molar-refractivity contribution in [2.24, 2.45) is 4.99 Å². The summed E-state index contributed by atoms with van der Waals surface area (Å²) in [6, 6.07) is 11.4. The number of nitrogens with one attached hydrogen (secondary N) is 2. The fraction of sp³-hybridized carbons (Fsp3) is 0.667. The van der Waals surface area contributed by atoms with E-state index in [1.165, 1.54) is 63.8 Å². The van der Waals surface area contributed by atoms with Crippen molar-refractivity contribution < 1.29 is 0 Å². The Balaban J connectivity index is 1.25. The minimum absolute atomic E-state index is 0.627. The van der Waals surface area contributed by atoms with E-state index in [0.29, 0.717) is 6.04 Å². The molecule has 144 valence electrons. The van der Waals surface area contributed by atoms with E-state index < -0.39 is 0 Å². The third kappa shape index (κ3) is 5.90. The predicted molar refractivity (Wildman–Crippen MR) is 111 cm³/mol. The summed E-state index contributed by atoms with van der Waals surface area (Å²) >= 11 is 0. The molecule has 0 spiro atoms. The van der Waals surface area contributed by atoms with Crippen LogP contribution in [0.4, 0.5) is 5.69 Å². The third-order valence-electron chi connectivity index (χ3n) is 5.61. The van der Waals surface area contributed by atoms with E-state index in [9.17, 15) is 0 Å². The molecule has 0 bridgehead atoms. The van der Waals surface area contributed by atoms with E-state index in [-0.39, 0.29) is 0 Å². The van der Waals surface area contributed by atoms with Gasteiger partial charge >= 0.3 is 0 Å². The Labute approximate surface area is 158 Å². The standard InChI is InChI=1S/C21H35N5/c1-22-21(24-19-9-5-6-10-19)23-13-7-8-14-25-15-17-26(18-16-25)20-11-3-2-4-12-20/h2-4,11-12,19H,5-10,13-18H2,1H3,(H2,22,23,24). The van der Waals surface area contributed by atoms with Gasteiger partial charge in [0.2, 0.25) is 0 Å². The van der Waals surface area contributed by atoms with Gasteiger partial charge < -0.3 is 15.5 Å². The molecular weight excluding hydrogens is 322 g/mol. The molecule has 5 heteroatoms. The lowest BCUT2D eigenvalue weighted by Gasteiger charge is -2.36. The molecule has 1 aromatic carbocycles. The molecule has 0 radical (unpaired) electrons. The molecule has 1 saturated heterocycles. The molecule has 0 unspecified atom stereocenters. The largest absolute Gasteiger partial charge is 0.369 e. The van der Waals surface area contributed by atoms with Crippen LogP contribution >= 0.6 is 0 Å². The van der Waals surface area contributed by atoms with Crippen molar-refractivity contribution in [3.8, 4) is 0 Å². The average Bonchev–Trinajstić information content (AvgIpc) is 3.21. The van der Waals surface area contributed by atoms with Crippen LogP contribution < -0.4 is 15.5 Å². The van der Waals surface area contributed by atoms with Crippen LogP contribution in [0, 0.1) is 0 Å². The number of benzene rings is 1. The van der Waals surface area contributed by atoms with Gasteiger partial charge in [-0.05, 0) is 44.4 Å². The summed E-state index contributed by atoms with van der Waals surface area (Å²) in [6.07, 6.45) is 7.73. The Bertz CT molecular complexity index is 531. The summed E-state index contributed by atoms with van der Waals surface area (Å²) in [7, 11) is 1.87. The van der Waals surface area contributed by atoms with Gasteiger partial charge in [0.25, 0.3) is 0 Å². The van der Waals surface area contributed by atoms with Crippen LogP contribution in [-0.4, -0.2) is 63.2 Å². The van der Waals surface area contributed by atoms with Crippen molar-refractivity contribution >= 4 is 11.6 Å². The number of guanidine groups is 1. The highest BCUT2D eigenvalue weighted by Gasteiger charge is 2.17. The average molecular weight is 358 g/mol. The van der Waals surface area contributed by atoms with Crippen molar-refractivity contribution in [2.45, 2.75) is 44.6 Å². The van der Waals surface area contributed by atoms with E-state index in [0.717, 1.165) is 25.6 Å². The lowest BCUT2D eigenvalue weighted by molar-refractivity contribution is 0.253. The Morgan fingerprint density at radius 1 is 1.04 bits per heavy atom. The molecule has 3 rings (SSSR count). The van der Waals surface area contributed by atoms with Crippen molar-refractivity contribution in [1.82, 2.24) is 15.5 Å². The summed E-state index contributed by atoms with van der Waals surface area (Å²) in [4.78, 5) is 9.45. The highest BCUT2D eigenvalue weighted by molar-refractivity contribution is 5.79. The van der Waals surface area contributed by atoms with Gasteiger partial charge in [-0.1, -0.05) is 31.0 Å².